The summed E-state index contributed by atoms with van der Waals surface area (Å²) in [4.78, 5) is 15.5. The molecular weight excluding hydrogens is 284 g/mol. The van der Waals surface area contributed by atoms with Crippen LogP contribution in [0.5, 0.6) is 0 Å². The smallest absolute Gasteiger partial charge is 0.409 e. The highest BCUT2D eigenvalue weighted by Gasteiger charge is 2.37. The Morgan fingerprint density at radius 1 is 1.32 bits per heavy atom. The van der Waals surface area contributed by atoms with E-state index in [1.54, 1.807) is 11.8 Å². The first-order chi connectivity index (χ1) is 10.4. The van der Waals surface area contributed by atoms with Gasteiger partial charge in [0.2, 0.25) is 0 Å². The van der Waals surface area contributed by atoms with Gasteiger partial charge in [-0.05, 0) is 39.7 Å². The summed E-state index contributed by atoms with van der Waals surface area (Å²) in [5.74, 6) is 0. The summed E-state index contributed by atoms with van der Waals surface area (Å²) in [7, 11) is 1.98. The third-order valence-electron chi connectivity index (χ3n) is 5.02. The van der Waals surface area contributed by atoms with Crippen molar-refractivity contribution in [1.29, 1.82) is 0 Å². The number of piperidine rings is 1. The van der Waals surface area contributed by atoms with Gasteiger partial charge in [0.1, 0.15) is 0 Å². The molecule has 128 valence electrons. The van der Waals surface area contributed by atoms with Crippen molar-refractivity contribution in [3.8, 4) is 0 Å². The first-order valence-corrected chi connectivity index (χ1v) is 8.47. The molecule has 2 rings (SSSR count). The van der Waals surface area contributed by atoms with Gasteiger partial charge in [-0.15, -0.1) is 0 Å². The van der Waals surface area contributed by atoms with Crippen molar-refractivity contribution in [1.82, 2.24) is 9.80 Å². The van der Waals surface area contributed by atoms with Gasteiger partial charge in [-0.3, -0.25) is 4.90 Å². The number of hydrogen-bond acceptors (Lipinski definition) is 5. The van der Waals surface area contributed by atoms with Crippen LogP contribution in [0.15, 0.2) is 0 Å². The minimum absolute atomic E-state index is 0.140. The van der Waals surface area contributed by atoms with Crippen molar-refractivity contribution >= 4 is 6.09 Å². The summed E-state index contributed by atoms with van der Waals surface area (Å²) in [5.41, 5.74) is -0.783. The van der Waals surface area contributed by atoms with Gasteiger partial charge in [-0.1, -0.05) is 12.8 Å². The van der Waals surface area contributed by atoms with Crippen LogP contribution >= 0.6 is 0 Å². The standard InChI is InChI=1S/C16H30N2O4/c1-3-22-15(20)18-10-8-16(21,9-11-18)12-17(2)13-6-4-5-7-14(13)19/h13-14,19,21H,3-12H2,1-2H3/t13-,14+/m0/s1. The molecule has 0 unspecified atom stereocenters. The molecule has 0 radical (unpaired) electrons. The highest BCUT2D eigenvalue weighted by Crippen LogP contribution is 2.28. The van der Waals surface area contributed by atoms with Gasteiger partial charge >= 0.3 is 6.09 Å². The fourth-order valence-electron chi connectivity index (χ4n) is 3.67. The quantitative estimate of drug-likeness (QED) is 0.816. The number of aliphatic hydroxyl groups excluding tert-OH is 1. The van der Waals surface area contributed by atoms with E-state index in [1.807, 2.05) is 7.05 Å². The number of carbonyl (C=O) groups excluding carboxylic acids is 1. The second kappa shape index (κ2) is 7.62. The topological polar surface area (TPSA) is 73.2 Å². The van der Waals surface area contributed by atoms with E-state index in [0.717, 1.165) is 25.7 Å². The molecule has 0 spiro atoms. The van der Waals surface area contributed by atoms with Gasteiger partial charge in [0, 0.05) is 25.7 Å². The van der Waals surface area contributed by atoms with Gasteiger partial charge in [0.15, 0.2) is 0 Å². The van der Waals surface area contributed by atoms with Crippen LogP contribution in [0, 0.1) is 0 Å². The van der Waals surface area contributed by atoms with Gasteiger partial charge in [0.25, 0.3) is 0 Å². The molecular formula is C16H30N2O4. The van der Waals surface area contributed by atoms with Crippen LogP contribution in [0.2, 0.25) is 0 Å². The molecule has 0 aromatic rings. The van der Waals surface area contributed by atoms with Crippen LogP contribution in [-0.2, 0) is 4.74 Å². The number of likely N-dealkylation sites (N-methyl/N-ethyl adjacent to an activating group) is 1. The Balaban J connectivity index is 1.83. The van der Waals surface area contributed by atoms with Crippen molar-refractivity contribution in [2.75, 3.05) is 33.3 Å². The molecule has 6 heteroatoms. The average molecular weight is 314 g/mol. The first-order valence-electron chi connectivity index (χ1n) is 8.47. The lowest BCUT2D eigenvalue weighted by Gasteiger charge is -2.43. The van der Waals surface area contributed by atoms with E-state index in [-0.39, 0.29) is 18.2 Å². The van der Waals surface area contributed by atoms with Crippen LogP contribution in [0.25, 0.3) is 0 Å². The molecule has 22 heavy (non-hydrogen) atoms. The van der Waals surface area contributed by atoms with E-state index >= 15 is 0 Å². The van der Waals surface area contributed by atoms with Gasteiger partial charge < -0.3 is 19.8 Å². The second-order valence-electron chi connectivity index (χ2n) is 6.74. The van der Waals surface area contributed by atoms with Crippen LogP contribution in [0.4, 0.5) is 4.79 Å². The van der Waals surface area contributed by atoms with Gasteiger partial charge in [-0.25, -0.2) is 4.79 Å². The highest BCUT2D eigenvalue weighted by atomic mass is 16.6. The molecule has 1 saturated heterocycles. The van der Waals surface area contributed by atoms with E-state index in [4.69, 9.17) is 4.74 Å². The molecule has 0 aromatic carbocycles. The zero-order valence-electron chi connectivity index (χ0n) is 13.8. The Morgan fingerprint density at radius 2 is 1.95 bits per heavy atom. The Bertz CT molecular complexity index is 369. The number of carbonyl (C=O) groups is 1. The number of amides is 1. The zero-order valence-corrected chi connectivity index (χ0v) is 13.8. The van der Waals surface area contributed by atoms with Crippen molar-refractivity contribution in [2.24, 2.45) is 0 Å². The maximum Gasteiger partial charge on any atom is 0.409 e. The van der Waals surface area contributed by atoms with E-state index in [1.165, 1.54) is 0 Å². The SMILES string of the molecule is CCOC(=O)N1CCC(O)(CN(C)[C@H]2CCCC[C@H]2O)CC1. The van der Waals surface area contributed by atoms with Gasteiger partial charge in [0.05, 0.1) is 18.3 Å². The Labute approximate surface area is 133 Å². The van der Waals surface area contributed by atoms with E-state index in [2.05, 4.69) is 4.90 Å². The van der Waals surface area contributed by atoms with E-state index in [0.29, 0.717) is 39.1 Å². The molecule has 1 amide bonds. The van der Waals surface area contributed by atoms with Crippen LogP contribution in [0.1, 0.15) is 45.4 Å². The number of ether oxygens (including phenoxy) is 1. The lowest BCUT2D eigenvalue weighted by Crippen LogP contribution is -2.55. The maximum atomic E-state index is 11.7. The highest BCUT2D eigenvalue weighted by molar-refractivity contribution is 5.67. The fourth-order valence-corrected chi connectivity index (χ4v) is 3.67. The summed E-state index contributed by atoms with van der Waals surface area (Å²) in [5, 5.41) is 20.9. The molecule has 1 aliphatic carbocycles. The first kappa shape index (κ1) is 17.5. The average Bonchev–Trinajstić information content (AvgIpc) is 2.48. The monoisotopic (exact) mass is 314 g/mol. The molecule has 2 atom stereocenters. The summed E-state index contributed by atoms with van der Waals surface area (Å²) >= 11 is 0. The molecule has 2 fully saturated rings. The molecule has 0 bridgehead atoms. The van der Waals surface area contributed by atoms with Crippen LogP contribution in [-0.4, -0.2) is 77.1 Å². The maximum absolute atomic E-state index is 11.7. The second-order valence-corrected chi connectivity index (χ2v) is 6.74. The molecule has 2 aliphatic rings. The number of nitrogens with zero attached hydrogens (tertiary/aromatic N) is 2. The molecule has 1 heterocycles. The molecule has 6 nitrogen and oxygen atoms in total. The van der Waals surface area contributed by atoms with Crippen molar-refractivity contribution in [3.63, 3.8) is 0 Å². The number of aliphatic hydroxyl groups is 2. The third kappa shape index (κ3) is 4.33. The number of hydrogen-bond donors (Lipinski definition) is 2. The molecule has 0 aromatic heterocycles. The van der Waals surface area contributed by atoms with Crippen molar-refractivity contribution < 1.29 is 19.7 Å². The number of rotatable bonds is 4. The summed E-state index contributed by atoms with van der Waals surface area (Å²) in [6.45, 7) is 3.77. The normalized spacial score (nSPS) is 28.7. The largest absolute Gasteiger partial charge is 0.450 e. The van der Waals surface area contributed by atoms with E-state index in [9.17, 15) is 15.0 Å². The third-order valence-corrected chi connectivity index (χ3v) is 5.02. The summed E-state index contributed by atoms with van der Waals surface area (Å²) < 4.78 is 5.00. The van der Waals surface area contributed by atoms with Crippen LogP contribution in [0.3, 0.4) is 0 Å². The lowest BCUT2D eigenvalue weighted by molar-refractivity contribution is -0.0622. The van der Waals surface area contributed by atoms with Crippen molar-refractivity contribution in [3.05, 3.63) is 0 Å². The summed E-state index contributed by atoms with van der Waals surface area (Å²) in [6.07, 6.45) is 4.60. The predicted octanol–water partition coefficient (Wildman–Crippen LogP) is 1.21. The van der Waals surface area contributed by atoms with E-state index < -0.39 is 5.60 Å². The molecule has 1 aliphatic heterocycles. The molecule has 2 N–H and O–H groups in total. The Morgan fingerprint density at radius 3 is 2.55 bits per heavy atom. The van der Waals surface area contributed by atoms with Crippen molar-refractivity contribution in [2.45, 2.75) is 63.2 Å². The number of likely N-dealkylation sites (tertiary alicyclic amines) is 1. The van der Waals surface area contributed by atoms with Gasteiger partial charge in [-0.2, -0.15) is 0 Å². The minimum Gasteiger partial charge on any atom is -0.450 e. The predicted molar refractivity (Wildman–Crippen MR) is 83.7 cm³/mol. The Hall–Kier alpha value is -0.850. The zero-order chi connectivity index (χ0) is 16.2. The minimum atomic E-state index is -0.783. The summed E-state index contributed by atoms with van der Waals surface area (Å²) in [6, 6.07) is 0.140. The lowest BCUT2D eigenvalue weighted by atomic mass is 9.87. The van der Waals surface area contributed by atoms with Crippen LogP contribution < -0.4 is 0 Å². The molecule has 1 saturated carbocycles. The fraction of sp³-hybridized carbons (Fsp3) is 0.938. The Kier molecular flexibility index (Phi) is 6.06.